The van der Waals surface area contributed by atoms with Crippen molar-refractivity contribution in [3.8, 4) is 11.5 Å². The lowest BCUT2D eigenvalue weighted by Gasteiger charge is -2.10. The first-order chi connectivity index (χ1) is 14.2. The maximum Gasteiger partial charge on any atom is 0.247 e. The van der Waals surface area contributed by atoms with E-state index in [1.165, 1.54) is 5.56 Å². The van der Waals surface area contributed by atoms with Gasteiger partial charge in [-0.05, 0) is 24.6 Å². The van der Waals surface area contributed by atoms with Gasteiger partial charge in [0.2, 0.25) is 11.8 Å². The number of rotatable bonds is 8. The lowest BCUT2D eigenvalue weighted by atomic mass is 10.1. The van der Waals surface area contributed by atoms with Crippen molar-refractivity contribution >= 4 is 11.8 Å². The van der Waals surface area contributed by atoms with Gasteiger partial charge in [0.25, 0.3) is 0 Å². The molecule has 0 fully saturated rings. The summed E-state index contributed by atoms with van der Waals surface area (Å²) in [4.78, 5) is 0. The summed E-state index contributed by atoms with van der Waals surface area (Å²) >= 11 is 1.55. The fourth-order valence-electron chi connectivity index (χ4n) is 2.93. The van der Waals surface area contributed by atoms with Crippen LogP contribution in [0.1, 0.15) is 29.5 Å². The van der Waals surface area contributed by atoms with Gasteiger partial charge in [-0.3, -0.25) is 0 Å². The van der Waals surface area contributed by atoms with Gasteiger partial charge >= 0.3 is 0 Å². The maximum atomic E-state index is 5.89. The molecule has 2 heterocycles. The Morgan fingerprint density at radius 2 is 1.72 bits per heavy atom. The quantitative estimate of drug-likeness (QED) is 0.306. The van der Waals surface area contributed by atoms with Gasteiger partial charge in [0.05, 0.1) is 5.25 Å². The van der Waals surface area contributed by atoms with Crippen LogP contribution in [0.3, 0.4) is 0 Å². The van der Waals surface area contributed by atoms with E-state index >= 15 is 0 Å². The van der Waals surface area contributed by atoms with Crippen molar-refractivity contribution in [3.63, 3.8) is 0 Å². The molecule has 0 N–H and O–H groups in total. The van der Waals surface area contributed by atoms with Gasteiger partial charge < -0.3 is 8.98 Å². The molecule has 0 aliphatic carbocycles. The van der Waals surface area contributed by atoms with Gasteiger partial charge in [-0.15, -0.1) is 27.0 Å². The van der Waals surface area contributed by atoms with Gasteiger partial charge in [0, 0.05) is 18.5 Å². The molecule has 2 aromatic heterocycles. The normalized spacial score (nSPS) is 12.0. The highest BCUT2D eigenvalue weighted by Crippen LogP contribution is 2.34. The van der Waals surface area contributed by atoms with Gasteiger partial charge in [-0.25, -0.2) is 0 Å². The van der Waals surface area contributed by atoms with Crippen molar-refractivity contribution in [2.45, 2.75) is 30.3 Å². The summed E-state index contributed by atoms with van der Waals surface area (Å²) < 4.78 is 7.96. The van der Waals surface area contributed by atoms with E-state index in [1.54, 1.807) is 11.8 Å². The first-order valence-electron chi connectivity index (χ1n) is 9.37. The number of nitrogens with zero attached hydrogens (tertiary/aromatic N) is 5. The molecule has 0 radical (unpaired) electrons. The molecule has 7 heteroatoms. The molecule has 0 saturated heterocycles. The zero-order valence-corrected chi connectivity index (χ0v) is 16.9. The smallest absolute Gasteiger partial charge is 0.247 e. The summed E-state index contributed by atoms with van der Waals surface area (Å²) in [6.45, 7) is 6.54. The highest BCUT2D eigenvalue weighted by molar-refractivity contribution is 7.99. The minimum atomic E-state index is -0.0581. The predicted octanol–water partition coefficient (Wildman–Crippen LogP) is 4.96. The van der Waals surface area contributed by atoms with Crippen LogP contribution in [0, 0.1) is 0 Å². The molecular weight excluding hydrogens is 382 g/mol. The Bertz CT molecular complexity index is 1080. The molecule has 1 atom stereocenters. The standard InChI is InChI=1S/C22H21N5OS/c1-3-14-27-19(15-17-10-6-4-7-11-17)23-26-22(27)29-16(2)20-24-25-21(28-20)18-12-8-5-9-13-18/h3-13,16H,1,14-15H2,2H3. The van der Waals surface area contributed by atoms with E-state index in [4.69, 9.17) is 4.42 Å². The second-order valence-electron chi connectivity index (χ2n) is 6.53. The summed E-state index contributed by atoms with van der Waals surface area (Å²) in [5.74, 6) is 1.98. The predicted molar refractivity (Wildman–Crippen MR) is 113 cm³/mol. The Kier molecular flexibility index (Phi) is 5.86. The average molecular weight is 404 g/mol. The monoisotopic (exact) mass is 403 g/mol. The third-order valence-corrected chi connectivity index (χ3v) is 5.47. The third kappa shape index (κ3) is 4.46. The van der Waals surface area contributed by atoms with Crippen LogP contribution in [0.15, 0.2) is 82.9 Å². The van der Waals surface area contributed by atoms with E-state index in [1.807, 2.05) is 61.5 Å². The highest BCUT2D eigenvalue weighted by atomic mass is 32.2. The van der Waals surface area contributed by atoms with Crippen molar-refractivity contribution in [1.29, 1.82) is 0 Å². The summed E-state index contributed by atoms with van der Waals surface area (Å²) in [5.41, 5.74) is 2.10. The maximum absolute atomic E-state index is 5.89. The van der Waals surface area contributed by atoms with Crippen molar-refractivity contribution < 1.29 is 4.42 Å². The van der Waals surface area contributed by atoms with Gasteiger partial charge in [-0.2, -0.15) is 0 Å². The van der Waals surface area contributed by atoms with Gasteiger partial charge in [0.1, 0.15) is 5.82 Å². The molecule has 0 bridgehead atoms. The van der Waals surface area contributed by atoms with Crippen molar-refractivity contribution in [1.82, 2.24) is 25.0 Å². The molecule has 0 amide bonds. The molecule has 4 rings (SSSR count). The van der Waals surface area contributed by atoms with E-state index in [9.17, 15) is 0 Å². The molecule has 0 aliphatic heterocycles. The second kappa shape index (κ2) is 8.87. The first kappa shape index (κ1) is 19.1. The highest BCUT2D eigenvalue weighted by Gasteiger charge is 2.20. The Balaban J connectivity index is 1.53. The van der Waals surface area contributed by atoms with Crippen LogP contribution < -0.4 is 0 Å². The molecule has 4 aromatic rings. The van der Waals surface area contributed by atoms with Crippen LogP contribution in [0.5, 0.6) is 0 Å². The lowest BCUT2D eigenvalue weighted by Crippen LogP contribution is -2.05. The zero-order chi connectivity index (χ0) is 20.1. The van der Waals surface area contributed by atoms with Crippen molar-refractivity contribution in [2.24, 2.45) is 0 Å². The molecule has 0 saturated carbocycles. The van der Waals surface area contributed by atoms with E-state index in [-0.39, 0.29) is 5.25 Å². The lowest BCUT2D eigenvalue weighted by molar-refractivity contribution is 0.508. The Morgan fingerprint density at radius 1 is 1.00 bits per heavy atom. The Labute approximate surface area is 173 Å². The molecule has 0 spiro atoms. The molecule has 146 valence electrons. The fourth-order valence-corrected chi connectivity index (χ4v) is 3.84. The van der Waals surface area contributed by atoms with E-state index in [2.05, 4.69) is 43.7 Å². The number of hydrogen-bond acceptors (Lipinski definition) is 6. The number of benzene rings is 2. The Morgan fingerprint density at radius 3 is 2.45 bits per heavy atom. The fraction of sp³-hybridized carbons (Fsp3) is 0.182. The Hall–Kier alpha value is -3.19. The summed E-state index contributed by atoms with van der Waals surface area (Å²) in [7, 11) is 0. The molecule has 2 aromatic carbocycles. The third-order valence-electron chi connectivity index (χ3n) is 4.40. The van der Waals surface area contributed by atoms with Crippen molar-refractivity contribution in [3.05, 3.63) is 90.6 Å². The average Bonchev–Trinajstić information content (AvgIpc) is 3.39. The minimum Gasteiger partial charge on any atom is -0.419 e. The second-order valence-corrected chi connectivity index (χ2v) is 7.84. The number of aromatic nitrogens is 5. The summed E-state index contributed by atoms with van der Waals surface area (Å²) in [6, 6.07) is 20.0. The largest absolute Gasteiger partial charge is 0.419 e. The number of thioether (sulfide) groups is 1. The molecule has 0 aliphatic rings. The van der Waals surface area contributed by atoms with Crippen LogP contribution in [-0.2, 0) is 13.0 Å². The SMILES string of the molecule is C=CCn1c(Cc2ccccc2)nnc1SC(C)c1nnc(-c2ccccc2)o1. The summed E-state index contributed by atoms with van der Waals surface area (Å²) in [5, 5.41) is 18.0. The van der Waals surface area contributed by atoms with E-state index in [0.717, 1.165) is 23.0 Å². The molecule has 1 unspecified atom stereocenters. The number of allylic oxidation sites excluding steroid dienone is 1. The van der Waals surface area contributed by atoms with Gasteiger partial charge in [0.15, 0.2) is 5.16 Å². The van der Waals surface area contributed by atoms with Crippen LogP contribution in [-0.4, -0.2) is 25.0 Å². The summed E-state index contributed by atoms with van der Waals surface area (Å²) in [6.07, 6.45) is 2.57. The van der Waals surface area contributed by atoms with Crippen molar-refractivity contribution in [2.75, 3.05) is 0 Å². The zero-order valence-electron chi connectivity index (χ0n) is 16.1. The van der Waals surface area contributed by atoms with Crippen LogP contribution in [0.2, 0.25) is 0 Å². The molecule has 6 nitrogen and oxygen atoms in total. The molecular formula is C22H21N5OS. The first-order valence-corrected chi connectivity index (χ1v) is 10.2. The van der Waals surface area contributed by atoms with Crippen LogP contribution >= 0.6 is 11.8 Å². The van der Waals surface area contributed by atoms with E-state index in [0.29, 0.717) is 18.3 Å². The number of hydrogen-bond donors (Lipinski definition) is 0. The van der Waals surface area contributed by atoms with Gasteiger partial charge in [-0.1, -0.05) is 66.4 Å². The minimum absolute atomic E-state index is 0.0581. The van der Waals surface area contributed by atoms with Crippen LogP contribution in [0.4, 0.5) is 0 Å². The van der Waals surface area contributed by atoms with Crippen LogP contribution in [0.25, 0.3) is 11.5 Å². The molecule has 29 heavy (non-hydrogen) atoms. The van der Waals surface area contributed by atoms with E-state index < -0.39 is 0 Å². The topological polar surface area (TPSA) is 69.6 Å².